The van der Waals surface area contributed by atoms with Gasteiger partial charge in [-0.3, -0.25) is 33.6 Å². The maximum Gasteiger partial charge on any atom is 0.326 e. The number of hydrogen-bond donors (Lipinski definition) is 11. The Morgan fingerprint density at radius 1 is 0.662 bits per heavy atom. The molecule has 7 amide bonds. The molecule has 346 valence electrons. The van der Waals surface area contributed by atoms with Crippen molar-refractivity contribution in [1.82, 2.24) is 42.2 Å². The molecule has 5 rings (SSSR count). The standard InChI is InChI=1S/C46H57N9O10/c1-26(51-45(63)37(23-28-10-4-3-5-11-28)55-41(59)27(2)50-42(60)33(47)22-29-15-17-31(56)18-16-29)40(58)48-21-9-8-14-35-43(61)54-36(44(62)53-35)19-20-39(57)52-38(46(64)65)24-30-25-49-34-13-7-6-12-32(30)34/h3-7,10-13,15-18,25-27,33,35-38,49,56H,8-9,14,19-24,47H2,1-2H3,(H,48,58)(H,50,60)(H,51,63)(H,52,57)(H,53,62)(H,54,61)(H,55,59)(H,64,65)/t26-,27-,33+,35+,36+,37+,38+/m1/s1. The molecule has 0 saturated carbocycles. The number of phenols is 1. The molecule has 19 heteroatoms. The highest BCUT2D eigenvalue weighted by Gasteiger charge is 2.34. The first kappa shape index (κ1) is 48.7. The van der Waals surface area contributed by atoms with Gasteiger partial charge in [0.2, 0.25) is 41.4 Å². The number of aromatic amines is 1. The van der Waals surface area contributed by atoms with Gasteiger partial charge >= 0.3 is 5.97 Å². The second-order valence-corrected chi connectivity index (χ2v) is 16.2. The minimum Gasteiger partial charge on any atom is -0.508 e. The van der Waals surface area contributed by atoms with Crippen LogP contribution < -0.4 is 43.0 Å². The molecule has 1 saturated heterocycles. The van der Waals surface area contributed by atoms with Crippen LogP contribution in [0.1, 0.15) is 62.6 Å². The second-order valence-electron chi connectivity index (χ2n) is 16.2. The average molecular weight is 896 g/mol. The van der Waals surface area contributed by atoms with Gasteiger partial charge in [0.15, 0.2) is 0 Å². The van der Waals surface area contributed by atoms with Crippen LogP contribution in [0.15, 0.2) is 85.1 Å². The van der Waals surface area contributed by atoms with Gasteiger partial charge in [0.25, 0.3) is 0 Å². The number of carbonyl (C=O) groups is 8. The van der Waals surface area contributed by atoms with Crippen LogP contribution in [0.2, 0.25) is 0 Å². The fourth-order valence-electron chi connectivity index (χ4n) is 7.28. The first-order valence-corrected chi connectivity index (χ1v) is 21.5. The van der Waals surface area contributed by atoms with Gasteiger partial charge in [0.05, 0.1) is 6.04 Å². The summed E-state index contributed by atoms with van der Waals surface area (Å²) in [5.41, 5.74) is 9.09. The largest absolute Gasteiger partial charge is 0.508 e. The minimum absolute atomic E-state index is 0.0357. The van der Waals surface area contributed by atoms with E-state index in [0.29, 0.717) is 18.4 Å². The average Bonchev–Trinajstić information content (AvgIpc) is 3.69. The number of unbranched alkanes of at least 4 members (excludes halogenated alkanes) is 1. The fraction of sp³-hybridized carbons (Fsp3) is 0.391. The summed E-state index contributed by atoms with van der Waals surface area (Å²) in [6, 6.07) is 15.4. The Labute approximate surface area is 375 Å². The molecule has 2 heterocycles. The SMILES string of the molecule is C[C@@H](NC(=O)[C@H](Cc1ccccc1)NC(=O)[C@@H](C)NC(=O)[C@@H](N)Cc1ccc(O)cc1)C(=O)NCCCC[C@@H]1NC(=O)[C@H](CCC(=O)N[C@@H](Cc2c[nH]c3ccccc23)C(=O)O)NC1=O. The number of carbonyl (C=O) groups excluding carboxylic acids is 7. The molecule has 1 aliphatic heterocycles. The molecule has 0 bridgehead atoms. The van der Waals surface area contributed by atoms with Crippen molar-refractivity contribution in [2.75, 3.05) is 6.54 Å². The van der Waals surface area contributed by atoms with E-state index in [4.69, 9.17) is 5.73 Å². The molecule has 0 aliphatic carbocycles. The van der Waals surface area contributed by atoms with E-state index in [2.05, 4.69) is 42.2 Å². The smallest absolute Gasteiger partial charge is 0.326 e. The van der Waals surface area contributed by atoms with Gasteiger partial charge in [-0.05, 0) is 80.8 Å². The number of carboxylic acids is 1. The van der Waals surface area contributed by atoms with Crippen molar-refractivity contribution >= 4 is 58.2 Å². The quantitative estimate of drug-likeness (QED) is 0.0452. The van der Waals surface area contributed by atoms with Crippen molar-refractivity contribution in [1.29, 1.82) is 0 Å². The summed E-state index contributed by atoms with van der Waals surface area (Å²) in [6.07, 6.45) is 2.93. The van der Waals surface area contributed by atoms with Gasteiger partial charge in [-0.2, -0.15) is 0 Å². The number of carboxylic acid groups (broad SMARTS) is 1. The Hall–Kier alpha value is -7.28. The lowest BCUT2D eigenvalue weighted by molar-refractivity contribution is -0.142. The number of aromatic nitrogens is 1. The van der Waals surface area contributed by atoms with Crippen molar-refractivity contribution in [3.63, 3.8) is 0 Å². The van der Waals surface area contributed by atoms with Crippen LogP contribution in [0.5, 0.6) is 5.75 Å². The molecule has 19 nitrogen and oxygen atoms in total. The maximum atomic E-state index is 13.5. The van der Waals surface area contributed by atoms with E-state index in [1.54, 1.807) is 48.7 Å². The normalized spacial score (nSPS) is 17.0. The van der Waals surface area contributed by atoms with E-state index in [1.165, 1.54) is 26.0 Å². The van der Waals surface area contributed by atoms with Crippen LogP contribution in [0, 0.1) is 0 Å². The Balaban J connectivity index is 1.01. The van der Waals surface area contributed by atoms with E-state index in [1.807, 2.05) is 24.3 Å². The second kappa shape index (κ2) is 23.4. The molecule has 1 aliphatic rings. The van der Waals surface area contributed by atoms with Crippen LogP contribution in [-0.2, 0) is 57.6 Å². The highest BCUT2D eigenvalue weighted by molar-refractivity contribution is 5.97. The summed E-state index contributed by atoms with van der Waals surface area (Å²) in [5.74, 6) is -4.96. The molecule has 4 aromatic rings. The highest BCUT2D eigenvalue weighted by Crippen LogP contribution is 2.20. The summed E-state index contributed by atoms with van der Waals surface area (Å²) < 4.78 is 0. The van der Waals surface area contributed by atoms with Crippen LogP contribution >= 0.6 is 0 Å². The number of aromatic hydroxyl groups is 1. The lowest BCUT2D eigenvalue weighted by atomic mass is 10.0. The summed E-state index contributed by atoms with van der Waals surface area (Å²) in [7, 11) is 0. The van der Waals surface area contributed by atoms with Crippen molar-refractivity contribution in [2.24, 2.45) is 5.73 Å². The van der Waals surface area contributed by atoms with E-state index < -0.39 is 89.6 Å². The summed E-state index contributed by atoms with van der Waals surface area (Å²) in [4.78, 5) is 106. The Kier molecular flexibility index (Phi) is 17.6. The topological polar surface area (TPSA) is 303 Å². The zero-order chi connectivity index (χ0) is 47.0. The number of aliphatic carboxylic acids is 1. The van der Waals surface area contributed by atoms with Crippen molar-refractivity contribution in [2.45, 2.75) is 108 Å². The third-order valence-corrected chi connectivity index (χ3v) is 11.0. The van der Waals surface area contributed by atoms with E-state index in [0.717, 1.165) is 22.0 Å². The summed E-state index contributed by atoms with van der Waals surface area (Å²) >= 11 is 0. The summed E-state index contributed by atoms with van der Waals surface area (Å²) in [6.45, 7) is 3.15. The molecule has 0 spiro atoms. The number of rotatable bonds is 23. The predicted octanol–water partition coefficient (Wildman–Crippen LogP) is 0.342. The van der Waals surface area contributed by atoms with Gasteiger partial charge in [-0.25, -0.2) is 4.79 Å². The Morgan fingerprint density at radius 3 is 1.97 bits per heavy atom. The third kappa shape index (κ3) is 14.6. The van der Waals surface area contributed by atoms with Gasteiger partial charge < -0.3 is 58.1 Å². The number of phenolic OH excluding ortho intramolecular Hbond substituents is 1. The van der Waals surface area contributed by atoms with Gasteiger partial charge in [0.1, 0.15) is 42.0 Å². The van der Waals surface area contributed by atoms with Gasteiger partial charge in [0, 0.05) is 42.9 Å². The van der Waals surface area contributed by atoms with Gasteiger partial charge in [-0.1, -0.05) is 60.7 Å². The molecule has 65 heavy (non-hydrogen) atoms. The molecule has 1 fully saturated rings. The van der Waals surface area contributed by atoms with Gasteiger partial charge in [-0.15, -0.1) is 0 Å². The zero-order valence-corrected chi connectivity index (χ0v) is 36.2. The molecule has 3 aromatic carbocycles. The Bertz CT molecular complexity index is 2320. The molecule has 1 aromatic heterocycles. The van der Waals surface area contributed by atoms with Crippen LogP contribution in [-0.4, -0.2) is 111 Å². The van der Waals surface area contributed by atoms with Crippen LogP contribution in [0.25, 0.3) is 10.9 Å². The van der Waals surface area contributed by atoms with E-state index in [-0.39, 0.29) is 50.8 Å². The number of H-pyrrole nitrogens is 1. The van der Waals surface area contributed by atoms with Crippen molar-refractivity contribution < 1.29 is 48.6 Å². The highest BCUT2D eigenvalue weighted by atomic mass is 16.4. The summed E-state index contributed by atoms with van der Waals surface area (Å²) in [5, 5.41) is 38.6. The lowest BCUT2D eigenvalue weighted by Crippen LogP contribution is -2.61. The molecule has 0 unspecified atom stereocenters. The number of hydrogen-bond acceptors (Lipinski definition) is 10. The minimum atomic E-state index is -1.20. The predicted molar refractivity (Wildman–Crippen MR) is 239 cm³/mol. The van der Waals surface area contributed by atoms with Crippen molar-refractivity contribution in [3.05, 3.63) is 102 Å². The number of nitrogens with two attached hydrogens (primary N) is 1. The number of amides is 7. The molecule has 12 N–H and O–H groups in total. The first-order chi connectivity index (χ1) is 31.1. The van der Waals surface area contributed by atoms with E-state index >= 15 is 0 Å². The molecule has 7 atom stereocenters. The maximum absolute atomic E-state index is 13.5. The molecule has 0 radical (unpaired) electrons. The number of benzene rings is 3. The zero-order valence-electron chi connectivity index (χ0n) is 36.2. The Morgan fingerprint density at radius 2 is 1.28 bits per heavy atom. The number of nitrogens with one attached hydrogen (secondary N) is 8. The molecular formula is C46H57N9O10. The van der Waals surface area contributed by atoms with Crippen molar-refractivity contribution in [3.8, 4) is 5.75 Å². The number of para-hydroxylation sites is 1. The monoisotopic (exact) mass is 895 g/mol. The number of fused-ring (bicyclic) bond motifs is 1. The fourth-order valence-corrected chi connectivity index (χ4v) is 7.28. The van der Waals surface area contributed by atoms with Crippen LogP contribution in [0.4, 0.5) is 0 Å². The lowest BCUT2D eigenvalue weighted by Gasteiger charge is -2.29. The molecular weight excluding hydrogens is 839 g/mol. The third-order valence-electron chi connectivity index (χ3n) is 11.0. The number of piperazine rings is 1. The van der Waals surface area contributed by atoms with Crippen LogP contribution in [0.3, 0.4) is 0 Å². The first-order valence-electron chi connectivity index (χ1n) is 21.5. The van der Waals surface area contributed by atoms with E-state index in [9.17, 15) is 48.6 Å².